The molecule has 4 rings (SSSR count). The molecule has 36 heavy (non-hydrogen) atoms. The van der Waals surface area contributed by atoms with Crippen LogP contribution in [-0.2, 0) is 4.74 Å². The van der Waals surface area contributed by atoms with E-state index in [2.05, 4.69) is 10.6 Å². The van der Waals surface area contributed by atoms with E-state index >= 15 is 0 Å². The summed E-state index contributed by atoms with van der Waals surface area (Å²) in [6, 6.07) is 15.7. The van der Waals surface area contributed by atoms with Gasteiger partial charge in [-0.25, -0.2) is 0 Å². The third-order valence-electron chi connectivity index (χ3n) is 5.61. The maximum atomic E-state index is 12.9. The molecule has 0 spiro atoms. The van der Waals surface area contributed by atoms with Crippen molar-refractivity contribution in [2.75, 3.05) is 48.9 Å². The molecule has 0 saturated carbocycles. The van der Waals surface area contributed by atoms with Crippen LogP contribution < -0.4 is 20.3 Å². The van der Waals surface area contributed by atoms with Crippen molar-refractivity contribution in [1.29, 1.82) is 0 Å². The Bertz CT molecular complexity index is 1310. The van der Waals surface area contributed by atoms with Gasteiger partial charge in [0.05, 0.1) is 41.5 Å². The summed E-state index contributed by atoms with van der Waals surface area (Å²) in [6.45, 7) is 2.03. The highest BCUT2D eigenvalue weighted by Crippen LogP contribution is 2.32. The molecule has 186 valence electrons. The molecule has 3 aromatic carbocycles. The largest absolute Gasteiger partial charge is 0.494 e. The van der Waals surface area contributed by atoms with Gasteiger partial charge in [-0.15, -0.1) is 0 Å². The van der Waals surface area contributed by atoms with Gasteiger partial charge in [-0.05, 0) is 36.4 Å². The molecular formula is C25H23ClN4O6. The van der Waals surface area contributed by atoms with Gasteiger partial charge in [-0.3, -0.25) is 19.7 Å². The Balaban J connectivity index is 1.51. The van der Waals surface area contributed by atoms with Gasteiger partial charge >= 0.3 is 0 Å². The lowest BCUT2D eigenvalue weighted by molar-refractivity contribution is -0.384. The van der Waals surface area contributed by atoms with Crippen LogP contribution in [0.2, 0.25) is 5.02 Å². The monoisotopic (exact) mass is 510 g/mol. The maximum Gasteiger partial charge on any atom is 0.293 e. The number of nitro benzene ring substituents is 1. The fraction of sp³-hybridized carbons (Fsp3) is 0.200. The van der Waals surface area contributed by atoms with Crippen molar-refractivity contribution in [1.82, 2.24) is 0 Å². The van der Waals surface area contributed by atoms with E-state index in [9.17, 15) is 19.7 Å². The van der Waals surface area contributed by atoms with E-state index in [-0.39, 0.29) is 11.3 Å². The first-order valence-electron chi connectivity index (χ1n) is 11.0. The Hall–Kier alpha value is -4.15. The van der Waals surface area contributed by atoms with E-state index in [0.717, 1.165) is 0 Å². The first-order chi connectivity index (χ1) is 17.4. The van der Waals surface area contributed by atoms with E-state index in [4.69, 9.17) is 21.1 Å². The predicted octanol–water partition coefficient (Wildman–Crippen LogP) is 4.60. The smallest absolute Gasteiger partial charge is 0.293 e. The zero-order chi connectivity index (χ0) is 25.7. The molecular weight excluding hydrogens is 488 g/mol. The minimum atomic E-state index is -0.526. The van der Waals surface area contributed by atoms with Crippen molar-refractivity contribution in [3.63, 3.8) is 0 Å². The van der Waals surface area contributed by atoms with Crippen molar-refractivity contribution in [3.05, 3.63) is 86.9 Å². The highest BCUT2D eigenvalue weighted by Gasteiger charge is 2.23. The van der Waals surface area contributed by atoms with Crippen LogP contribution in [0.15, 0.2) is 60.7 Å². The normalized spacial score (nSPS) is 13.1. The lowest BCUT2D eigenvalue weighted by Gasteiger charge is -2.28. The van der Waals surface area contributed by atoms with Gasteiger partial charge in [0.15, 0.2) is 0 Å². The lowest BCUT2D eigenvalue weighted by atomic mass is 10.1. The number of nitrogens with zero attached hydrogens (tertiary/aromatic N) is 2. The van der Waals surface area contributed by atoms with Crippen LogP contribution in [-0.4, -0.2) is 50.2 Å². The lowest BCUT2D eigenvalue weighted by Crippen LogP contribution is -2.36. The molecule has 0 bridgehead atoms. The molecule has 0 aromatic heterocycles. The number of methoxy groups -OCH3 is 1. The van der Waals surface area contributed by atoms with Crippen molar-refractivity contribution in [3.8, 4) is 5.75 Å². The van der Waals surface area contributed by atoms with Crippen LogP contribution in [0.5, 0.6) is 5.75 Å². The van der Waals surface area contributed by atoms with E-state index in [1.54, 1.807) is 48.5 Å². The average Bonchev–Trinajstić information content (AvgIpc) is 2.89. The topological polar surface area (TPSA) is 123 Å². The van der Waals surface area contributed by atoms with E-state index < -0.39 is 16.7 Å². The molecule has 0 aliphatic carbocycles. The number of amides is 2. The number of hydrogen-bond acceptors (Lipinski definition) is 7. The Morgan fingerprint density at radius 3 is 2.47 bits per heavy atom. The van der Waals surface area contributed by atoms with Gasteiger partial charge in [0.2, 0.25) is 0 Å². The summed E-state index contributed by atoms with van der Waals surface area (Å²) in [7, 11) is 1.43. The highest BCUT2D eigenvalue weighted by molar-refractivity contribution is 6.34. The number of halogens is 1. The Kier molecular flexibility index (Phi) is 7.67. The Morgan fingerprint density at radius 2 is 1.78 bits per heavy atom. The molecule has 1 fully saturated rings. The number of nitrogens with one attached hydrogen (secondary N) is 2. The van der Waals surface area contributed by atoms with Crippen LogP contribution in [0.1, 0.15) is 20.7 Å². The number of anilines is 3. The van der Waals surface area contributed by atoms with Gasteiger partial charge in [0.1, 0.15) is 11.4 Å². The first kappa shape index (κ1) is 25.0. The second-order valence-electron chi connectivity index (χ2n) is 7.86. The number of morpholine rings is 1. The summed E-state index contributed by atoms with van der Waals surface area (Å²) in [4.78, 5) is 38.5. The van der Waals surface area contributed by atoms with E-state index in [1.165, 1.54) is 19.2 Å². The number of carbonyl (C=O) groups is 2. The molecule has 1 aliphatic heterocycles. The molecule has 1 heterocycles. The van der Waals surface area contributed by atoms with Crippen LogP contribution in [0.3, 0.4) is 0 Å². The van der Waals surface area contributed by atoms with Crippen LogP contribution in [0.25, 0.3) is 0 Å². The number of carbonyl (C=O) groups excluding carboxylic acids is 2. The summed E-state index contributed by atoms with van der Waals surface area (Å²) >= 11 is 6.09. The molecule has 3 aromatic rings. The standard InChI is InChI=1S/C25H23ClN4O6/c1-35-23-15-17(7-8-20(23)28-25(32)18-4-2-3-5-19(18)26)27-24(31)16-6-9-21(22(14-16)30(33)34)29-10-12-36-13-11-29/h2-9,14-15H,10-13H2,1H3,(H,27,31)(H,28,32). The quantitative estimate of drug-likeness (QED) is 0.352. The van der Waals surface area contributed by atoms with E-state index in [1.807, 2.05) is 4.90 Å². The highest BCUT2D eigenvalue weighted by atomic mass is 35.5. The Labute approximate surface area is 211 Å². The van der Waals surface area contributed by atoms with Crippen LogP contribution in [0.4, 0.5) is 22.7 Å². The minimum absolute atomic E-state index is 0.133. The Morgan fingerprint density at radius 1 is 1.03 bits per heavy atom. The predicted molar refractivity (Wildman–Crippen MR) is 136 cm³/mol. The maximum absolute atomic E-state index is 12.9. The van der Waals surface area contributed by atoms with E-state index in [0.29, 0.717) is 59.7 Å². The van der Waals surface area contributed by atoms with Gasteiger partial charge < -0.3 is 25.0 Å². The summed E-state index contributed by atoms with van der Waals surface area (Å²) in [5.74, 6) is -0.633. The molecule has 1 saturated heterocycles. The van der Waals surface area contributed by atoms with Gasteiger partial charge in [-0.2, -0.15) is 0 Å². The fourth-order valence-electron chi connectivity index (χ4n) is 3.79. The summed E-state index contributed by atoms with van der Waals surface area (Å²) in [5, 5.41) is 17.4. The number of benzene rings is 3. The molecule has 0 radical (unpaired) electrons. The zero-order valence-corrected chi connectivity index (χ0v) is 20.1. The number of ether oxygens (including phenoxy) is 2. The number of rotatable bonds is 7. The molecule has 1 aliphatic rings. The summed E-state index contributed by atoms with van der Waals surface area (Å²) in [6.07, 6.45) is 0. The minimum Gasteiger partial charge on any atom is -0.494 e. The molecule has 2 amide bonds. The van der Waals surface area contributed by atoms with Crippen LogP contribution >= 0.6 is 11.6 Å². The summed E-state index contributed by atoms with van der Waals surface area (Å²) in [5.41, 5.74) is 1.49. The SMILES string of the molecule is COc1cc(NC(=O)c2ccc(N3CCOCC3)c([N+](=O)[O-])c2)ccc1NC(=O)c1ccccc1Cl. The van der Waals surface area contributed by atoms with Gasteiger partial charge in [-0.1, -0.05) is 23.7 Å². The first-order valence-corrected chi connectivity index (χ1v) is 11.4. The third kappa shape index (κ3) is 5.56. The van der Waals surface area contributed by atoms with Crippen molar-refractivity contribution >= 4 is 46.2 Å². The molecule has 0 unspecified atom stereocenters. The fourth-order valence-corrected chi connectivity index (χ4v) is 4.01. The van der Waals surface area contributed by atoms with Crippen molar-refractivity contribution in [2.45, 2.75) is 0 Å². The van der Waals surface area contributed by atoms with Crippen molar-refractivity contribution < 1.29 is 24.0 Å². The molecule has 2 N–H and O–H groups in total. The molecule has 0 atom stereocenters. The average molecular weight is 511 g/mol. The zero-order valence-electron chi connectivity index (χ0n) is 19.3. The third-order valence-corrected chi connectivity index (χ3v) is 5.94. The van der Waals surface area contributed by atoms with Gasteiger partial charge in [0.25, 0.3) is 17.5 Å². The second-order valence-corrected chi connectivity index (χ2v) is 8.27. The van der Waals surface area contributed by atoms with Gasteiger partial charge in [0, 0.05) is 36.5 Å². The molecule has 10 nitrogen and oxygen atoms in total. The molecule has 11 heteroatoms. The van der Waals surface area contributed by atoms with Crippen LogP contribution in [0, 0.1) is 10.1 Å². The summed E-state index contributed by atoms with van der Waals surface area (Å²) < 4.78 is 10.7. The second kappa shape index (κ2) is 11.1. The van der Waals surface area contributed by atoms with Crippen molar-refractivity contribution in [2.24, 2.45) is 0 Å². The number of hydrogen-bond donors (Lipinski definition) is 2. The number of nitro groups is 1.